The zero-order chi connectivity index (χ0) is 16.8. The van der Waals surface area contributed by atoms with Crippen LogP contribution in [0.3, 0.4) is 0 Å². The van der Waals surface area contributed by atoms with Crippen LogP contribution in [0.5, 0.6) is 5.75 Å². The van der Waals surface area contributed by atoms with Gasteiger partial charge in [-0.3, -0.25) is 4.79 Å². The quantitative estimate of drug-likeness (QED) is 0.670. The Hall–Kier alpha value is -2.47. The van der Waals surface area contributed by atoms with Crippen LogP contribution in [-0.2, 0) is 4.79 Å². The molecule has 0 aliphatic carbocycles. The van der Waals surface area contributed by atoms with Crippen LogP contribution in [0.2, 0.25) is 5.02 Å². The first kappa shape index (κ1) is 16.9. The Labute approximate surface area is 136 Å². The molecule has 7 heteroatoms. The van der Waals surface area contributed by atoms with E-state index >= 15 is 0 Å². The number of nitrogens with zero attached hydrogens (tertiary/aromatic N) is 1. The Balaban J connectivity index is 1.87. The van der Waals surface area contributed by atoms with Gasteiger partial charge in [-0.1, -0.05) is 23.7 Å². The molecule has 120 valence electrons. The first-order valence-corrected chi connectivity index (χ1v) is 7.00. The van der Waals surface area contributed by atoms with Crippen molar-refractivity contribution in [3.8, 4) is 5.75 Å². The highest BCUT2D eigenvalue weighted by Gasteiger charge is 2.06. The zero-order valence-corrected chi connectivity index (χ0v) is 12.9. The highest BCUT2D eigenvalue weighted by atomic mass is 35.5. The molecule has 1 amide bonds. The Bertz CT molecular complexity index is 751. The van der Waals surface area contributed by atoms with Crippen LogP contribution in [0.25, 0.3) is 0 Å². The van der Waals surface area contributed by atoms with Crippen molar-refractivity contribution in [3.63, 3.8) is 0 Å². The Morgan fingerprint density at radius 3 is 2.87 bits per heavy atom. The lowest BCUT2D eigenvalue weighted by molar-refractivity contribution is -0.123. The summed E-state index contributed by atoms with van der Waals surface area (Å²) in [7, 11) is 0. The first-order chi connectivity index (χ1) is 11.0. The summed E-state index contributed by atoms with van der Waals surface area (Å²) in [4.78, 5) is 11.6. The van der Waals surface area contributed by atoms with Crippen molar-refractivity contribution >= 4 is 23.7 Å². The van der Waals surface area contributed by atoms with Crippen LogP contribution in [0.1, 0.15) is 11.1 Å². The number of amides is 1. The molecule has 2 rings (SSSR count). The summed E-state index contributed by atoms with van der Waals surface area (Å²) in [5.41, 5.74) is 2.89. The fourth-order valence-electron chi connectivity index (χ4n) is 1.74. The third kappa shape index (κ3) is 4.75. The van der Waals surface area contributed by atoms with Gasteiger partial charge in [0.05, 0.1) is 6.21 Å². The van der Waals surface area contributed by atoms with Gasteiger partial charge in [0.1, 0.15) is 5.75 Å². The molecule has 23 heavy (non-hydrogen) atoms. The summed E-state index contributed by atoms with van der Waals surface area (Å²) >= 11 is 5.82. The Morgan fingerprint density at radius 2 is 2.13 bits per heavy atom. The van der Waals surface area contributed by atoms with Gasteiger partial charge in [-0.05, 0) is 36.8 Å². The minimum Gasteiger partial charge on any atom is -0.483 e. The number of hydrogen-bond acceptors (Lipinski definition) is 3. The number of benzene rings is 2. The molecule has 0 radical (unpaired) electrons. The normalized spacial score (nSPS) is 10.8. The molecule has 0 spiro atoms. The van der Waals surface area contributed by atoms with E-state index in [1.165, 1.54) is 12.1 Å². The summed E-state index contributed by atoms with van der Waals surface area (Å²) in [5.74, 6) is -2.03. The number of carbonyl (C=O) groups is 1. The second-order valence-electron chi connectivity index (χ2n) is 4.63. The summed E-state index contributed by atoms with van der Waals surface area (Å²) in [6.45, 7) is 1.52. The van der Waals surface area contributed by atoms with E-state index in [9.17, 15) is 13.6 Å². The van der Waals surface area contributed by atoms with Gasteiger partial charge < -0.3 is 4.74 Å². The lowest BCUT2D eigenvalue weighted by Gasteiger charge is -2.08. The van der Waals surface area contributed by atoms with Crippen molar-refractivity contribution in [1.82, 2.24) is 5.43 Å². The van der Waals surface area contributed by atoms with E-state index < -0.39 is 17.5 Å². The van der Waals surface area contributed by atoms with Crippen molar-refractivity contribution in [2.75, 3.05) is 6.61 Å². The molecule has 2 aromatic rings. The third-order valence-electron chi connectivity index (χ3n) is 2.87. The van der Waals surface area contributed by atoms with Gasteiger partial charge in [-0.15, -0.1) is 0 Å². The highest BCUT2D eigenvalue weighted by Crippen LogP contribution is 2.21. The minimum absolute atomic E-state index is 0.0697. The predicted octanol–water partition coefficient (Wildman–Crippen LogP) is 3.46. The van der Waals surface area contributed by atoms with Gasteiger partial charge in [-0.2, -0.15) is 5.10 Å². The number of rotatable bonds is 5. The standard InChI is InChI=1S/C16H13ClF2N2O2/c1-10-7-12(17)5-6-14(10)23-9-15(22)21-20-8-11-3-2-4-13(18)16(11)19/h2-8H,9H2,1H3,(H,21,22)/b20-8+. The number of aryl methyl sites for hydroxylation is 1. The van der Waals surface area contributed by atoms with Crippen molar-refractivity contribution in [3.05, 3.63) is 64.2 Å². The maximum absolute atomic E-state index is 13.4. The van der Waals surface area contributed by atoms with E-state index in [4.69, 9.17) is 16.3 Å². The summed E-state index contributed by atoms with van der Waals surface area (Å²) in [6, 6.07) is 8.67. The average molecular weight is 339 g/mol. The fourth-order valence-corrected chi connectivity index (χ4v) is 1.97. The third-order valence-corrected chi connectivity index (χ3v) is 3.11. The minimum atomic E-state index is -1.03. The van der Waals surface area contributed by atoms with E-state index in [1.807, 2.05) is 0 Å². The molecule has 1 N–H and O–H groups in total. The van der Waals surface area contributed by atoms with Gasteiger partial charge >= 0.3 is 0 Å². The predicted molar refractivity (Wildman–Crippen MR) is 83.8 cm³/mol. The maximum Gasteiger partial charge on any atom is 0.277 e. The lowest BCUT2D eigenvalue weighted by Crippen LogP contribution is -2.24. The molecule has 0 aliphatic rings. The Morgan fingerprint density at radius 1 is 1.35 bits per heavy atom. The van der Waals surface area contributed by atoms with E-state index in [-0.39, 0.29) is 12.2 Å². The lowest BCUT2D eigenvalue weighted by atomic mass is 10.2. The number of halogens is 3. The number of hydrazone groups is 1. The van der Waals surface area contributed by atoms with Crippen LogP contribution in [-0.4, -0.2) is 18.7 Å². The number of ether oxygens (including phenoxy) is 1. The van der Waals surface area contributed by atoms with Gasteiger partial charge in [0.15, 0.2) is 18.2 Å². The molecule has 0 unspecified atom stereocenters. The molecule has 0 aliphatic heterocycles. The smallest absolute Gasteiger partial charge is 0.277 e. The zero-order valence-electron chi connectivity index (χ0n) is 12.1. The molecule has 0 aromatic heterocycles. The van der Waals surface area contributed by atoms with Crippen molar-refractivity contribution in [1.29, 1.82) is 0 Å². The molecule has 2 aromatic carbocycles. The second-order valence-corrected chi connectivity index (χ2v) is 5.07. The monoisotopic (exact) mass is 338 g/mol. The van der Waals surface area contributed by atoms with Gasteiger partial charge in [0.2, 0.25) is 0 Å². The Kier molecular flexibility index (Phi) is 5.65. The van der Waals surface area contributed by atoms with Crippen LogP contribution >= 0.6 is 11.6 Å². The van der Waals surface area contributed by atoms with E-state index in [0.717, 1.165) is 17.8 Å². The topological polar surface area (TPSA) is 50.7 Å². The number of nitrogens with one attached hydrogen (secondary N) is 1. The molecule has 0 fully saturated rings. The van der Waals surface area contributed by atoms with E-state index in [0.29, 0.717) is 10.8 Å². The van der Waals surface area contributed by atoms with Gasteiger partial charge in [0.25, 0.3) is 5.91 Å². The number of hydrogen-bond donors (Lipinski definition) is 1. The molecule has 0 atom stereocenters. The number of carbonyl (C=O) groups excluding carboxylic acids is 1. The average Bonchev–Trinajstić information content (AvgIpc) is 2.50. The van der Waals surface area contributed by atoms with Gasteiger partial charge in [0, 0.05) is 10.6 Å². The molecule has 0 saturated carbocycles. The molecular formula is C16H13ClF2N2O2. The maximum atomic E-state index is 13.4. The summed E-state index contributed by atoms with van der Waals surface area (Å²) < 4.78 is 31.7. The summed E-state index contributed by atoms with van der Waals surface area (Å²) in [6.07, 6.45) is 1.02. The molecular weight excluding hydrogens is 326 g/mol. The van der Waals surface area contributed by atoms with Crippen molar-refractivity contribution in [2.45, 2.75) is 6.92 Å². The SMILES string of the molecule is Cc1cc(Cl)ccc1OCC(=O)N/N=C/c1cccc(F)c1F. The molecule has 4 nitrogen and oxygen atoms in total. The van der Waals surface area contributed by atoms with Crippen molar-refractivity contribution < 1.29 is 18.3 Å². The first-order valence-electron chi connectivity index (χ1n) is 6.62. The van der Waals surface area contributed by atoms with Crippen LogP contribution < -0.4 is 10.2 Å². The van der Waals surface area contributed by atoms with Crippen LogP contribution in [0, 0.1) is 18.6 Å². The molecule has 0 bridgehead atoms. The van der Waals surface area contributed by atoms with E-state index in [1.54, 1.807) is 25.1 Å². The van der Waals surface area contributed by atoms with Crippen LogP contribution in [0.4, 0.5) is 8.78 Å². The fraction of sp³-hybridized carbons (Fsp3) is 0.125. The molecule has 0 saturated heterocycles. The highest BCUT2D eigenvalue weighted by molar-refractivity contribution is 6.30. The van der Waals surface area contributed by atoms with Gasteiger partial charge in [-0.25, -0.2) is 14.2 Å². The molecule has 0 heterocycles. The second kappa shape index (κ2) is 7.69. The summed E-state index contributed by atoms with van der Waals surface area (Å²) in [5, 5.41) is 4.13. The van der Waals surface area contributed by atoms with Crippen molar-refractivity contribution in [2.24, 2.45) is 5.10 Å². The van der Waals surface area contributed by atoms with Crippen LogP contribution in [0.15, 0.2) is 41.5 Å². The largest absolute Gasteiger partial charge is 0.483 e. The van der Waals surface area contributed by atoms with E-state index in [2.05, 4.69) is 10.5 Å².